The van der Waals surface area contributed by atoms with Crippen molar-refractivity contribution in [3.05, 3.63) is 17.7 Å². The molecule has 6 nitrogen and oxygen atoms in total. The van der Waals surface area contributed by atoms with Crippen molar-refractivity contribution in [1.29, 1.82) is 0 Å². The number of hydrogen-bond donors (Lipinski definition) is 1. The Morgan fingerprint density at radius 1 is 1.55 bits per heavy atom. The van der Waals surface area contributed by atoms with E-state index in [1.807, 2.05) is 25.7 Å². The number of carbonyl (C=O) groups excluding carboxylic acids is 1. The van der Waals surface area contributed by atoms with E-state index in [0.29, 0.717) is 37.0 Å². The van der Waals surface area contributed by atoms with E-state index in [0.717, 1.165) is 0 Å². The van der Waals surface area contributed by atoms with Crippen LogP contribution in [0.3, 0.4) is 0 Å². The molecule has 0 aliphatic carbocycles. The first-order chi connectivity index (χ1) is 9.54. The van der Waals surface area contributed by atoms with Gasteiger partial charge in [0.05, 0.1) is 31.1 Å². The summed E-state index contributed by atoms with van der Waals surface area (Å²) >= 11 is 0. The largest absolute Gasteiger partial charge is 0.385 e. The van der Waals surface area contributed by atoms with Crippen molar-refractivity contribution >= 4 is 11.6 Å². The zero-order chi connectivity index (χ0) is 14.7. The molecule has 2 rings (SSSR count). The monoisotopic (exact) mass is 278 g/mol. The molecule has 0 radical (unpaired) electrons. The number of nitrogens with zero attached hydrogens (tertiary/aromatic N) is 3. The van der Waals surface area contributed by atoms with Gasteiger partial charge in [0.2, 0.25) is 0 Å². The van der Waals surface area contributed by atoms with Crippen LogP contribution in [0.1, 0.15) is 43.0 Å². The fourth-order valence-corrected chi connectivity index (χ4v) is 2.18. The number of aromatic nitrogens is 2. The first-order valence-electron chi connectivity index (χ1n) is 6.98. The SMILES string of the molecule is CNc1cnc(C(C)C)nc1C(=O)N1CCOCC1C. The Bertz CT molecular complexity index is 490. The third-order valence-electron chi connectivity index (χ3n) is 3.42. The summed E-state index contributed by atoms with van der Waals surface area (Å²) in [6.07, 6.45) is 1.68. The van der Waals surface area contributed by atoms with E-state index in [9.17, 15) is 4.79 Å². The second-order valence-electron chi connectivity index (χ2n) is 5.32. The van der Waals surface area contributed by atoms with Gasteiger partial charge in [-0.2, -0.15) is 0 Å². The van der Waals surface area contributed by atoms with Gasteiger partial charge >= 0.3 is 0 Å². The summed E-state index contributed by atoms with van der Waals surface area (Å²) in [4.78, 5) is 23.3. The lowest BCUT2D eigenvalue weighted by Gasteiger charge is -2.33. The van der Waals surface area contributed by atoms with Crippen molar-refractivity contribution in [3.63, 3.8) is 0 Å². The zero-order valence-corrected chi connectivity index (χ0v) is 12.5. The summed E-state index contributed by atoms with van der Waals surface area (Å²) in [7, 11) is 1.77. The summed E-state index contributed by atoms with van der Waals surface area (Å²) in [5.41, 5.74) is 1.11. The fourth-order valence-electron chi connectivity index (χ4n) is 2.18. The van der Waals surface area contributed by atoms with E-state index in [1.54, 1.807) is 13.2 Å². The summed E-state index contributed by atoms with van der Waals surface area (Å²) < 4.78 is 5.37. The Morgan fingerprint density at radius 2 is 2.30 bits per heavy atom. The number of carbonyl (C=O) groups is 1. The average molecular weight is 278 g/mol. The minimum Gasteiger partial charge on any atom is -0.385 e. The van der Waals surface area contributed by atoms with E-state index in [-0.39, 0.29) is 17.9 Å². The molecule has 2 heterocycles. The molecular weight excluding hydrogens is 256 g/mol. The fraction of sp³-hybridized carbons (Fsp3) is 0.643. The summed E-state index contributed by atoms with van der Waals surface area (Å²) in [5, 5.41) is 2.99. The molecule has 1 unspecified atom stereocenters. The van der Waals surface area contributed by atoms with E-state index < -0.39 is 0 Å². The molecule has 6 heteroatoms. The third kappa shape index (κ3) is 2.90. The maximum absolute atomic E-state index is 12.7. The van der Waals surface area contributed by atoms with Gasteiger partial charge in [-0.25, -0.2) is 9.97 Å². The van der Waals surface area contributed by atoms with Crippen LogP contribution in [0.4, 0.5) is 5.69 Å². The Labute approximate surface area is 119 Å². The Morgan fingerprint density at radius 3 is 2.90 bits per heavy atom. The van der Waals surface area contributed by atoms with Crippen LogP contribution in [-0.4, -0.2) is 53.6 Å². The molecule has 110 valence electrons. The molecule has 1 aromatic rings. The lowest BCUT2D eigenvalue weighted by Crippen LogP contribution is -2.47. The molecule has 0 spiro atoms. The van der Waals surface area contributed by atoms with Gasteiger partial charge < -0.3 is 15.0 Å². The number of nitrogens with one attached hydrogen (secondary N) is 1. The molecule has 0 saturated carbocycles. The number of ether oxygens (including phenoxy) is 1. The first-order valence-corrected chi connectivity index (χ1v) is 6.98. The van der Waals surface area contributed by atoms with Crippen LogP contribution in [0.25, 0.3) is 0 Å². The highest BCUT2D eigenvalue weighted by Gasteiger charge is 2.28. The van der Waals surface area contributed by atoms with Crippen LogP contribution in [0.5, 0.6) is 0 Å². The molecule has 1 aromatic heterocycles. The van der Waals surface area contributed by atoms with Gasteiger partial charge in [0.1, 0.15) is 5.82 Å². The molecule has 1 amide bonds. The predicted molar refractivity (Wildman–Crippen MR) is 77.0 cm³/mol. The minimum atomic E-state index is -0.0607. The van der Waals surface area contributed by atoms with Gasteiger partial charge in [0.25, 0.3) is 5.91 Å². The van der Waals surface area contributed by atoms with E-state index >= 15 is 0 Å². The Kier molecular flexibility index (Phi) is 4.54. The van der Waals surface area contributed by atoms with Gasteiger partial charge in [0.15, 0.2) is 5.69 Å². The molecule has 20 heavy (non-hydrogen) atoms. The number of rotatable bonds is 3. The normalized spacial score (nSPS) is 19.2. The number of anilines is 1. The van der Waals surface area contributed by atoms with Crippen molar-refractivity contribution < 1.29 is 9.53 Å². The second-order valence-corrected chi connectivity index (χ2v) is 5.32. The highest BCUT2D eigenvalue weighted by Crippen LogP contribution is 2.19. The highest BCUT2D eigenvalue weighted by atomic mass is 16.5. The van der Waals surface area contributed by atoms with Crippen molar-refractivity contribution in [2.75, 3.05) is 32.1 Å². The minimum absolute atomic E-state index is 0.0607. The standard InChI is InChI=1S/C14H22N4O2/c1-9(2)13-16-7-11(15-4)12(17-13)14(19)18-5-6-20-8-10(18)3/h7,9-10,15H,5-6,8H2,1-4H3. The van der Waals surface area contributed by atoms with Crippen LogP contribution in [0.15, 0.2) is 6.20 Å². The van der Waals surface area contributed by atoms with E-state index in [2.05, 4.69) is 15.3 Å². The molecule has 1 saturated heterocycles. The van der Waals surface area contributed by atoms with E-state index in [4.69, 9.17) is 4.74 Å². The third-order valence-corrected chi connectivity index (χ3v) is 3.42. The summed E-state index contributed by atoms with van der Waals surface area (Å²) in [6, 6.07) is 0.0680. The van der Waals surface area contributed by atoms with Crippen LogP contribution in [0.2, 0.25) is 0 Å². The van der Waals surface area contributed by atoms with Gasteiger partial charge in [-0.15, -0.1) is 0 Å². The van der Waals surface area contributed by atoms with Gasteiger partial charge in [-0.3, -0.25) is 4.79 Å². The number of amides is 1. The maximum atomic E-state index is 12.7. The zero-order valence-electron chi connectivity index (χ0n) is 12.5. The van der Waals surface area contributed by atoms with Crippen LogP contribution >= 0.6 is 0 Å². The van der Waals surface area contributed by atoms with Gasteiger partial charge in [-0.05, 0) is 6.92 Å². The van der Waals surface area contributed by atoms with Crippen molar-refractivity contribution in [3.8, 4) is 0 Å². The molecule has 1 N–H and O–H groups in total. The summed E-state index contributed by atoms with van der Waals surface area (Å²) in [6.45, 7) is 7.76. The maximum Gasteiger partial charge on any atom is 0.275 e. The molecule has 1 aliphatic heterocycles. The Hall–Kier alpha value is -1.69. The van der Waals surface area contributed by atoms with Crippen LogP contribution < -0.4 is 5.32 Å². The molecule has 0 bridgehead atoms. The lowest BCUT2D eigenvalue weighted by atomic mass is 10.1. The van der Waals surface area contributed by atoms with Gasteiger partial charge in [0, 0.05) is 19.5 Å². The molecule has 1 fully saturated rings. The molecular formula is C14H22N4O2. The predicted octanol–water partition coefficient (Wildman–Crippen LogP) is 1.50. The topological polar surface area (TPSA) is 67.4 Å². The molecule has 1 aliphatic rings. The Balaban J connectivity index is 2.33. The van der Waals surface area contributed by atoms with Gasteiger partial charge in [-0.1, -0.05) is 13.8 Å². The number of morpholine rings is 1. The molecule has 0 aromatic carbocycles. The van der Waals surface area contributed by atoms with Crippen molar-refractivity contribution in [1.82, 2.24) is 14.9 Å². The summed E-state index contributed by atoms with van der Waals surface area (Å²) in [5.74, 6) is 0.817. The van der Waals surface area contributed by atoms with Crippen LogP contribution in [0, 0.1) is 0 Å². The van der Waals surface area contributed by atoms with Crippen LogP contribution in [-0.2, 0) is 4.74 Å². The lowest BCUT2D eigenvalue weighted by molar-refractivity contribution is 0.00330. The second kappa shape index (κ2) is 6.17. The highest BCUT2D eigenvalue weighted by molar-refractivity contribution is 5.97. The van der Waals surface area contributed by atoms with Crippen molar-refractivity contribution in [2.45, 2.75) is 32.7 Å². The van der Waals surface area contributed by atoms with E-state index in [1.165, 1.54) is 0 Å². The van der Waals surface area contributed by atoms with Crippen molar-refractivity contribution in [2.24, 2.45) is 0 Å². The quantitative estimate of drug-likeness (QED) is 0.907. The number of hydrogen-bond acceptors (Lipinski definition) is 5. The first kappa shape index (κ1) is 14.7. The average Bonchev–Trinajstić information content (AvgIpc) is 2.46. The molecule has 1 atom stereocenters. The smallest absolute Gasteiger partial charge is 0.275 e.